The van der Waals surface area contributed by atoms with E-state index in [9.17, 15) is 0 Å². The highest BCUT2D eigenvalue weighted by Crippen LogP contribution is 2.25. The van der Waals surface area contributed by atoms with Gasteiger partial charge in [-0.15, -0.1) is 0 Å². The van der Waals surface area contributed by atoms with Gasteiger partial charge in [0.15, 0.2) is 0 Å². The van der Waals surface area contributed by atoms with Crippen LogP contribution < -0.4 is 16.6 Å². The molecule has 120 valence electrons. The molecule has 0 radical (unpaired) electrons. The molecule has 0 atom stereocenters. The van der Waals surface area contributed by atoms with Gasteiger partial charge in [-0.2, -0.15) is 0 Å². The van der Waals surface area contributed by atoms with Crippen LogP contribution in [0.15, 0.2) is 0 Å². The molecule has 0 aromatic carbocycles. The second-order valence-electron chi connectivity index (χ2n) is 6.66. The summed E-state index contributed by atoms with van der Waals surface area (Å²) in [6.45, 7) is 14.6. The Bertz CT molecular complexity index is 454. The Kier molecular flexibility index (Phi) is 6.36. The number of aromatic nitrogens is 2. The molecular formula is C15H29N5O. The highest BCUT2D eigenvalue weighted by atomic mass is 16.5. The van der Waals surface area contributed by atoms with Crippen molar-refractivity contribution in [3.63, 3.8) is 0 Å². The summed E-state index contributed by atoms with van der Waals surface area (Å²) < 4.78 is 5.56. The SMILES string of the molecule is Cc1c(NN)nc(C(C)(C)C)nc1NCCOCC(C)C. The minimum absolute atomic E-state index is 0.135. The largest absolute Gasteiger partial charge is 0.379 e. The third-order valence-corrected chi connectivity index (χ3v) is 2.94. The van der Waals surface area contributed by atoms with Gasteiger partial charge in [0.1, 0.15) is 17.5 Å². The van der Waals surface area contributed by atoms with Gasteiger partial charge in [0, 0.05) is 24.1 Å². The molecule has 0 saturated heterocycles. The van der Waals surface area contributed by atoms with Crippen LogP contribution in [0, 0.1) is 12.8 Å². The van der Waals surface area contributed by atoms with Gasteiger partial charge in [-0.05, 0) is 12.8 Å². The molecule has 0 amide bonds. The predicted octanol–water partition coefficient (Wildman–Crippen LogP) is 2.45. The monoisotopic (exact) mass is 295 g/mol. The van der Waals surface area contributed by atoms with Crippen molar-refractivity contribution in [1.29, 1.82) is 0 Å². The number of anilines is 2. The molecule has 0 fully saturated rings. The van der Waals surface area contributed by atoms with E-state index in [1.165, 1.54) is 0 Å². The van der Waals surface area contributed by atoms with Gasteiger partial charge in [-0.3, -0.25) is 0 Å². The standard InChI is InChI=1S/C15H29N5O/c1-10(2)9-21-8-7-17-12-11(3)13(20-16)19-14(18-12)15(4,5)6/h10H,7-9,16H2,1-6H3,(H2,17,18,19,20). The number of rotatable bonds is 7. The lowest BCUT2D eigenvalue weighted by molar-refractivity contribution is 0.118. The van der Waals surface area contributed by atoms with Crippen LogP contribution in [0.2, 0.25) is 0 Å². The molecular weight excluding hydrogens is 266 g/mol. The molecule has 0 aliphatic carbocycles. The van der Waals surface area contributed by atoms with E-state index in [4.69, 9.17) is 10.6 Å². The molecule has 1 rings (SSSR count). The highest BCUT2D eigenvalue weighted by molar-refractivity contribution is 5.57. The van der Waals surface area contributed by atoms with E-state index >= 15 is 0 Å². The van der Waals surface area contributed by atoms with Gasteiger partial charge < -0.3 is 15.5 Å². The molecule has 0 aliphatic rings. The fourth-order valence-corrected chi connectivity index (χ4v) is 1.73. The van der Waals surface area contributed by atoms with Crippen molar-refractivity contribution in [1.82, 2.24) is 9.97 Å². The van der Waals surface area contributed by atoms with Crippen LogP contribution in [0.4, 0.5) is 11.6 Å². The van der Waals surface area contributed by atoms with Crippen molar-refractivity contribution in [3.05, 3.63) is 11.4 Å². The van der Waals surface area contributed by atoms with Crippen molar-refractivity contribution < 1.29 is 4.74 Å². The van der Waals surface area contributed by atoms with Crippen molar-refractivity contribution in [2.24, 2.45) is 11.8 Å². The summed E-state index contributed by atoms with van der Waals surface area (Å²) in [5.41, 5.74) is 3.42. The zero-order valence-electron chi connectivity index (χ0n) is 14.1. The first kappa shape index (κ1) is 17.7. The number of nitrogen functional groups attached to an aromatic ring is 1. The van der Waals surface area contributed by atoms with Crippen LogP contribution in [0.5, 0.6) is 0 Å². The van der Waals surface area contributed by atoms with Gasteiger partial charge in [0.25, 0.3) is 0 Å². The molecule has 1 heterocycles. The zero-order valence-corrected chi connectivity index (χ0v) is 14.1. The number of nitrogens with one attached hydrogen (secondary N) is 2. The van der Waals surface area contributed by atoms with E-state index in [2.05, 4.69) is 55.3 Å². The predicted molar refractivity (Wildman–Crippen MR) is 87.4 cm³/mol. The number of ether oxygens (including phenoxy) is 1. The lowest BCUT2D eigenvalue weighted by Crippen LogP contribution is -2.22. The first-order chi connectivity index (χ1) is 9.75. The summed E-state index contributed by atoms with van der Waals surface area (Å²) in [5.74, 6) is 8.31. The lowest BCUT2D eigenvalue weighted by Gasteiger charge is -2.20. The topological polar surface area (TPSA) is 85.1 Å². The van der Waals surface area contributed by atoms with E-state index in [-0.39, 0.29) is 5.41 Å². The molecule has 1 aromatic heterocycles. The second kappa shape index (κ2) is 7.56. The number of hydrogen-bond donors (Lipinski definition) is 3. The van der Waals surface area contributed by atoms with Gasteiger partial charge in [0.2, 0.25) is 0 Å². The Hall–Kier alpha value is -1.40. The second-order valence-corrected chi connectivity index (χ2v) is 6.66. The quantitative estimate of drug-likeness (QED) is 0.407. The minimum atomic E-state index is -0.135. The summed E-state index contributed by atoms with van der Waals surface area (Å²) >= 11 is 0. The van der Waals surface area contributed by atoms with Crippen LogP contribution in [0.3, 0.4) is 0 Å². The average Bonchev–Trinajstić information content (AvgIpc) is 2.38. The summed E-state index contributed by atoms with van der Waals surface area (Å²) in [7, 11) is 0. The maximum Gasteiger partial charge on any atom is 0.148 e. The Morgan fingerprint density at radius 2 is 1.81 bits per heavy atom. The molecule has 0 saturated carbocycles. The molecule has 6 nitrogen and oxygen atoms in total. The molecule has 0 bridgehead atoms. The summed E-state index contributed by atoms with van der Waals surface area (Å²) in [6.07, 6.45) is 0. The van der Waals surface area contributed by atoms with Crippen molar-refractivity contribution in [2.45, 2.75) is 47.0 Å². The molecule has 0 aliphatic heterocycles. The van der Waals surface area contributed by atoms with Crippen molar-refractivity contribution in [3.8, 4) is 0 Å². The molecule has 21 heavy (non-hydrogen) atoms. The first-order valence-corrected chi connectivity index (χ1v) is 7.43. The molecule has 4 N–H and O–H groups in total. The van der Waals surface area contributed by atoms with Gasteiger partial charge in [0.05, 0.1) is 6.61 Å². The maximum atomic E-state index is 5.56. The molecule has 0 unspecified atom stereocenters. The number of nitrogens with zero attached hydrogens (tertiary/aromatic N) is 2. The van der Waals surface area contributed by atoms with Gasteiger partial charge in [-0.1, -0.05) is 34.6 Å². The van der Waals surface area contributed by atoms with Crippen LogP contribution >= 0.6 is 0 Å². The van der Waals surface area contributed by atoms with Crippen LogP contribution in [-0.2, 0) is 10.2 Å². The first-order valence-electron chi connectivity index (χ1n) is 7.43. The normalized spacial score (nSPS) is 11.8. The highest BCUT2D eigenvalue weighted by Gasteiger charge is 2.20. The Balaban J connectivity index is 2.76. The Labute approximate surface area is 127 Å². The van der Waals surface area contributed by atoms with Gasteiger partial charge >= 0.3 is 0 Å². The molecule has 1 aromatic rings. The van der Waals surface area contributed by atoms with E-state index in [0.717, 1.165) is 23.8 Å². The molecule has 0 spiro atoms. The summed E-state index contributed by atoms with van der Waals surface area (Å²) in [5, 5.41) is 3.30. The maximum absolute atomic E-state index is 5.56. The molecule has 6 heteroatoms. The number of hydrazine groups is 1. The fraction of sp³-hybridized carbons (Fsp3) is 0.733. The summed E-state index contributed by atoms with van der Waals surface area (Å²) in [6, 6.07) is 0. The number of hydrogen-bond acceptors (Lipinski definition) is 6. The van der Waals surface area contributed by atoms with E-state index in [1.54, 1.807) is 0 Å². The van der Waals surface area contributed by atoms with E-state index < -0.39 is 0 Å². The minimum Gasteiger partial charge on any atom is -0.379 e. The Morgan fingerprint density at radius 1 is 1.19 bits per heavy atom. The van der Waals surface area contributed by atoms with Crippen LogP contribution in [0.25, 0.3) is 0 Å². The third kappa shape index (κ3) is 5.47. The lowest BCUT2D eigenvalue weighted by atomic mass is 9.95. The zero-order chi connectivity index (χ0) is 16.0. The van der Waals surface area contributed by atoms with Crippen molar-refractivity contribution >= 4 is 11.6 Å². The van der Waals surface area contributed by atoms with E-state index in [1.807, 2.05) is 6.92 Å². The average molecular weight is 295 g/mol. The Morgan fingerprint density at radius 3 is 2.33 bits per heavy atom. The fourth-order valence-electron chi connectivity index (χ4n) is 1.73. The van der Waals surface area contributed by atoms with Crippen LogP contribution in [-0.4, -0.2) is 29.7 Å². The smallest absolute Gasteiger partial charge is 0.148 e. The number of nitrogens with two attached hydrogens (primary N) is 1. The van der Waals surface area contributed by atoms with Crippen molar-refractivity contribution in [2.75, 3.05) is 30.5 Å². The summed E-state index contributed by atoms with van der Waals surface area (Å²) in [4.78, 5) is 9.08. The third-order valence-electron chi connectivity index (χ3n) is 2.94. The van der Waals surface area contributed by atoms with Gasteiger partial charge in [-0.25, -0.2) is 15.8 Å². The van der Waals surface area contributed by atoms with Crippen LogP contribution in [0.1, 0.15) is 46.0 Å². The van der Waals surface area contributed by atoms with E-state index in [0.29, 0.717) is 24.9 Å².